The van der Waals surface area contributed by atoms with E-state index in [2.05, 4.69) is 45.9 Å². The molecule has 2 bridgehead atoms. The summed E-state index contributed by atoms with van der Waals surface area (Å²) < 4.78 is 0. The smallest absolute Gasteiger partial charge is 0.242 e. The molecule has 7 nitrogen and oxygen atoms in total. The Balaban J connectivity index is 1.44. The first kappa shape index (κ1) is 27.3. The van der Waals surface area contributed by atoms with E-state index in [0.717, 1.165) is 43.2 Å². The molecule has 37 heavy (non-hydrogen) atoms. The lowest BCUT2D eigenvalue weighted by Gasteiger charge is -2.29. The van der Waals surface area contributed by atoms with Crippen molar-refractivity contribution >= 4 is 11.8 Å². The number of nitrogens with zero attached hydrogens (tertiary/aromatic N) is 2. The van der Waals surface area contributed by atoms with Crippen LogP contribution in [-0.4, -0.2) is 58.6 Å². The van der Waals surface area contributed by atoms with Crippen molar-refractivity contribution in [1.82, 2.24) is 20.5 Å². The second-order valence-corrected chi connectivity index (χ2v) is 10.8. The van der Waals surface area contributed by atoms with Crippen molar-refractivity contribution in [3.05, 3.63) is 65.0 Å². The highest BCUT2D eigenvalue weighted by Gasteiger charge is 2.28. The van der Waals surface area contributed by atoms with Gasteiger partial charge in [-0.05, 0) is 73.6 Å². The average Bonchev–Trinajstić information content (AvgIpc) is 3.75. The predicted molar refractivity (Wildman–Crippen MR) is 145 cm³/mol. The second-order valence-electron chi connectivity index (χ2n) is 10.8. The van der Waals surface area contributed by atoms with E-state index < -0.39 is 18.2 Å². The zero-order chi connectivity index (χ0) is 26.2. The molecule has 2 amide bonds. The number of aliphatic hydroxyl groups is 1. The predicted octanol–water partition coefficient (Wildman–Crippen LogP) is 3.49. The first-order valence-electron chi connectivity index (χ1n) is 13.9. The molecule has 1 aliphatic carbocycles. The third kappa shape index (κ3) is 8.11. The Morgan fingerprint density at radius 2 is 1.84 bits per heavy atom. The summed E-state index contributed by atoms with van der Waals surface area (Å²) in [7, 11) is 1.69. The van der Waals surface area contributed by atoms with Crippen molar-refractivity contribution < 1.29 is 14.7 Å². The maximum absolute atomic E-state index is 13.2. The molecule has 0 spiro atoms. The Labute approximate surface area is 221 Å². The molecule has 3 atom stereocenters. The zero-order valence-corrected chi connectivity index (χ0v) is 22.3. The van der Waals surface area contributed by atoms with Crippen molar-refractivity contribution in [2.45, 2.75) is 95.4 Å². The third-order valence-corrected chi connectivity index (χ3v) is 7.75. The van der Waals surface area contributed by atoms with E-state index in [1.807, 2.05) is 12.4 Å². The standard InChI is InChI=1S/C30H42N4O3/c1-21-30(37)33-27(28(35)20-32-18-24-15-26(19-31-17-24)25-12-13-25)16-23-10-7-9-22(14-23)8-5-3-4-6-11-29(36)34(21)2/h7,9-10,14-15,17,19,21,25,27-28,32,35H,3-6,8,11-13,16,18,20H2,1-2H3,(H,33,37)/t21-,27-,28+/m0/s1. The van der Waals surface area contributed by atoms with Crippen molar-refractivity contribution in [2.24, 2.45) is 0 Å². The maximum Gasteiger partial charge on any atom is 0.242 e. The van der Waals surface area contributed by atoms with Gasteiger partial charge in [0, 0.05) is 39.0 Å². The second kappa shape index (κ2) is 13.2. The number of amides is 2. The summed E-state index contributed by atoms with van der Waals surface area (Å²) >= 11 is 0. The van der Waals surface area contributed by atoms with Crippen LogP contribution in [0.1, 0.15) is 80.0 Å². The lowest BCUT2D eigenvalue weighted by atomic mass is 9.97. The summed E-state index contributed by atoms with van der Waals surface area (Å²) in [5.41, 5.74) is 4.75. The van der Waals surface area contributed by atoms with Gasteiger partial charge in [0.15, 0.2) is 0 Å². The van der Waals surface area contributed by atoms with Crippen LogP contribution in [0.15, 0.2) is 42.7 Å². The highest BCUT2D eigenvalue weighted by atomic mass is 16.3. The number of fused-ring (bicyclic) bond motifs is 2. The normalized spacial score (nSPS) is 22.9. The largest absolute Gasteiger partial charge is 0.390 e. The lowest BCUT2D eigenvalue weighted by molar-refractivity contribution is -0.139. The van der Waals surface area contributed by atoms with Crippen LogP contribution >= 0.6 is 0 Å². The van der Waals surface area contributed by atoms with Gasteiger partial charge in [0.05, 0.1) is 12.1 Å². The van der Waals surface area contributed by atoms with Crippen LogP contribution < -0.4 is 10.6 Å². The average molecular weight is 507 g/mol. The molecular formula is C30H42N4O3. The Kier molecular flexibility index (Phi) is 9.69. The summed E-state index contributed by atoms with van der Waals surface area (Å²) in [6.45, 7) is 2.69. The SMILES string of the molecule is C[C@H]1C(=O)N[C@H]([C@H](O)CNCc2cncc(C3CC3)c2)Cc2cccc(c2)CCCCCCC(=O)N1C. The summed E-state index contributed by atoms with van der Waals surface area (Å²) in [4.78, 5) is 31.7. The summed E-state index contributed by atoms with van der Waals surface area (Å²) in [6, 6.07) is 9.56. The first-order valence-corrected chi connectivity index (χ1v) is 13.9. The van der Waals surface area contributed by atoms with Crippen LogP contribution in [0.25, 0.3) is 0 Å². The molecule has 4 rings (SSSR count). The number of benzene rings is 1. The molecular weight excluding hydrogens is 464 g/mol. The van der Waals surface area contributed by atoms with Gasteiger partial charge in [0.2, 0.25) is 11.8 Å². The highest BCUT2D eigenvalue weighted by molar-refractivity contribution is 5.87. The van der Waals surface area contributed by atoms with Gasteiger partial charge in [0.1, 0.15) is 6.04 Å². The molecule has 2 aromatic rings. The van der Waals surface area contributed by atoms with Crippen LogP contribution in [0, 0.1) is 0 Å². The molecule has 2 heterocycles. The van der Waals surface area contributed by atoms with Gasteiger partial charge in [-0.2, -0.15) is 0 Å². The molecule has 2 aliphatic rings. The Morgan fingerprint density at radius 3 is 2.62 bits per heavy atom. The van der Waals surface area contributed by atoms with Crippen LogP contribution in [0.3, 0.4) is 0 Å². The summed E-state index contributed by atoms with van der Waals surface area (Å²) in [5.74, 6) is 0.389. The maximum atomic E-state index is 13.2. The number of carbonyl (C=O) groups excluding carboxylic acids is 2. The number of aryl methyl sites for hydroxylation is 1. The monoisotopic (exact) mass is 506 g/mol. The molecule has 3 N–H and O–H groups in total. The number of hydrogen-bond donors (Lipinski definition) is 3. The quantitative estimate of drug-likeness (QED) is 0.558. The fraction of sp³-hybridized carbons (Fsp3) is 0.567. The van der Waals surface area contributed by atoms with Gasteiger partial charge in [-0.1, -0.05) is 43.2 Å². The molecule has 0 radical (unpaired) electrons. The van der Waals surface area contributed by atoms with Crippen molar-refractivity contribution in [2.75, 3.05) is 13.6 Å². The van der Waals surface area contributed by atoms with Crippen LogP contribution in [0.5, 0.6) is 0 Å². The van der Waals surface area contributed by atoms with Gasteiger partial charge in [-0.3, -0.25) is 14.6 Å². The van der Waals surface area contributed by atoms with Crippen molar-refractivity contribution in [3.8, 4) is 0 Å². The molecule has 1 aromatic heterocycles. The van der Waals surface area contributed by atoms with Crippen LogP contribution in [0.4, 0.5) is 0 Å². The van der Waals surface area contributed by atoms with E-state index in [-0.39, 0.29) is 11.8 Å². The number of hydrogen-bond acceptors (Lipinski definition) is 5. The van der Waals surface area contributed by atoms with E-state index >= 15 is 0 Å². The number of likely N-dealkylation sites (N-methyl/N-ethyl adjacent to an activating group) is 1. The molecule has 7 heteroatoms. The number of aromatic nitrogens is 1. The van der Waals surface area contributed by atoms with Crippen molar-refractivity contribution in [3.63, 3.8) is 0 Å². The summed E-state index contributed by atoms with van der Waals surface area (Å²) in [5, 5.41) is 17.6. The highest BCUT2D eigenvalue weighted by Crippen LogP contribution is 2.39. The molecule has 200 valence electrons. The zero-order valence-electron chi connectivity index (χ0n) is 22.3. The van der Waals surface area contributed by atoms with Gasteiger partial charge in [0.25, 0.3) is 0 Å². The molecule has 0 unspecified atom stereocenters. The number of rotatable bonds is 6. The van der Waals surface area contributed by atoms with Gasteiger partial charge < -0.3 is 20.6 Å². The van der Waals surface area contributed by atoms with Crippen LogP contribution in [0.2, 0.25) is 0 Å². The fourth-order valence-electron chi connectivity index (χ4n) is 5.03. The minimum absolute atomic E-state index is 0.0132. The van der Waals surface area contributed by atoms with Crippen LogP contribution in [-0.2, 0) is 29.0 Å². The topological polar surface area (TPSA) is 94.6 Å². The van der Waals surface area contributed by atoms with E-state index in [0.29, 0.717) is 31.8 Å². The lowest BCUT2D eigenvalue weighted by Crippen LogP contribution is -2.54. The Hall–Kier alpha value is -2.77. The molecule has 1 saturated carbocycles. The molecule has 0 saturated heterocycles. The number of nitrogens with one attached hydrogen (secondary N) is 2. The Morgan fingerprint density at radius 1 is 1.08 bits per heavy atom. The van der Waals surface area contributed by atoms with E-state index in [1.165, 1.54) is 28.9 Å². The van der Waals surface area contributed by atoms with Gasteiger partial charge in [-0.15, -0.1) is 0 Å². The Bertz CT molecular complexity index is 1050. The first-order chi connectivity index (χ1) is 17.9. The minimum Gasteiger partial charge on any atom is -0.390 e. The number of aliphatic hydroxyl groups excluding tert-OH is 1. The van der Waals surface area contributed by atoms with Gasteiger partial charge in [-0.25, -0.2) is 0 Å². The van der Waals surface area contributed by atoms with E-state index in [9.17, 15) is 14.7 Å². The molecule has 1 fully saturated rings. The number of pyridine rings is 1. The van der Waals surface area contributed by atoms with E-state index in [4.69, 9.17) is 0 Å². The minimum atomic E-state index is -0.792. The summed E-state index contributed by atoms with van der Waals surface area (Å²) in [6.07, 6.45) is 11.5. The van der Waals surface area contributed by atoms with Crippen molar-refractivity contribution in [1.29, 1.82) is 0 Å². The van der Waals surface area contributed by atoms with E-state index in [1.54, 1.807) is 14.0 Å². The molecule has 1 aliphatic heterocycles. The fourth-order valence-corrected chi connectivity index (χ4v) is 5.03. The number of carbonyl (C=O) groups is 2. The van der Waals surface area contributed by atoms with Gasteiger partial charge >= 0.3 is 0 Å². The third-order valence-electron chi connectivity index (χ3n) is 7.75. The molecule has 1 aromatic carbocycles.